The van der Waals surface area contributed by atoms with Gasteiger partial charge in [0.15, 0.2) is 0 Å². The molecule has 0 unspecified atom stereocenters. The molecule has 0 aliphatic carbocycles. The van der Waals surface area contributed by atoms with Gasteiger partial charge in [-0.15, -0.1) is 0 Å². The van der Waals surface area contributed by atoms with Gasteiger partial charge in [0.05, 0.1) is 11.9 Å². The Hall–Kier alpha value is -1.52. The Morgan fingerprint density at radius 1 is 1.69 bits per heavy atom. The predicted molar refractivity (Wildman–Crippen MR) is 50.0 cm³/mol. The van der Waals surface area contributed by atoms with E-state index in [9.17, 15) is 4.79 Å². The number of rotatable bonds is 3. The van der Waals surface area contributed by atoms with Gasteiger partial charge in [-0.3, -0.25) is 9.48 Å². The van der Waals surface area contributed by atoms with Crippen molar-refractivity contribution in [3.8, 4) is 0 Å². The second kappa shape index (κ2) is 3.47. The maximum atomic E-state index is 11.0. The van der Waals surface area contributed by atoms with E-state index in [4.69, 9.17) is 11.5 Å². The van der Waals surface area contributed by atoms with Crippen molar-refractivity contribution in [1.82, 2.24) is 9.78 Å². The van der Waals surface area contributed by atoms with Crippen LogP contribution in [-0.2, 0) is 6.54 Å². The summed E-state index contributed by atoms with van der Waals surface area (Å²) in [6.07, 6.45) is 1.45. The maximum absolute atomic E-state index is 11.0. The Morgan fingerprint density at radius 3 is 2.77 bits per heavy atom. The first-order valence-corrected chi connectivity index (χ1v) is 4.13. The van der Waals surface area contributed by atoms with Gasteiger partial charge in [-0.1, -0.05) is 13.8 Å². The highest BCUT2D eigenvalue weighted by Crippen LogP contribution is 2.11. The molecule has 0 radical (unpaired) electrons. The smallest absolute Gasteiger partial charge is 0.269 e. The fourth-order valence-electron chi connectivity index (χ4n) is 1.15. The first-order chi connectivity index (χ1) is 6.02. The van der Waals surface area contributed by atoms with Gasteiger partial charge < -0.3 is 11.5 Å². The number of nitrogen functional groups attached to an aromatic ring is 1. The van der Waals surface area contributed by atoms with Crippen molar-refractivity contribution in [3.63, 3.8) is 0 Å². The Labute approximate surface area is 76.7 Å². The van der Waals surface area contributed by atoms with Crippen LogP contribution in [0.4, 0.5) is 5.69 Å². The molecule has 13 heavy (non-hydrogen) atoms. The van der Waals surface area contributed by atoms with Gasteiger partial charge in [-0.25, -0.2) is 0 Å². The van der Waals surface area contributed by atoms with Crippen LogP contribution in [0.1, 0.15) is 24.3 Å². The van der Waals surface area contributed by atoms with Gasteiger partial charge in [-0.05, 0) is 5.92 Å². The molecular formula is C8H14N4O. The Bertz CT molecular complexity index is 316. The van der Waals surface area contributed by atoms with Crippen molar-refractivity contribution in [3.05, 3.63) is 11.9 Å². The standard InChI is InChI=1S/C8H14N4O/c1-5(2)4-12-7(8(10)13)6(9)3-11-12/h3,5H,4,9H2,1-2H3,(H2,10,13). The van der Waals surface area contributed by atoms with Crippen LogP contribution in [0.5, 0.6) is 0 Å². The number of hydrogen-bond donors (Lipinski definition) is 2. The van der Waals surface area contributed by atoms with Crippen LogP contribution in [0.15, 0.2) is 6.20 Å². The summed E-state index contributed by atoms with van der Waals surface area (Å²) in [5.74, 6) is -0.131. The van der Waals surface area contributed by atoms with E-state index in [1.165, 1.54) is 6.20 Å². The molecule has 4 N–H and O–H groups in total. The molecule has 0 saturated carbocycles. The summed E-state index contributed by atoms with van der Waals surface area (Å²) >= 11 is 0. The Kier molecular flexibility index (Phi) is 2.55. The van der Waals surface area contributed by atoms with Crippen molar-refractivity contribution in [1.29, 1.82) is 0 Å². The zero-order valence-corrected chi connectivity index (χ0v) is 7.82. The highest BCUT2D eigenvalue weighted by molar-refractivity contribution is 5.96. The second-order valence-electron chi connectivity index (χ2n) is 3.39. The lowest BCUT2D eigenvalue weighted by atomic mass is 10.2. The summed E-state index contributed by atoms with van der Waals surface area (Å²) < 4.78 is 1.54. The largest absolute Gasteiger partial charge is 0.396 e. The average Bonchev–Trinajstić information content (AvgIpc) is 2.30. The molecule has 0 aromatic carbocycles. The van der Waals surface area contributed by atoms with Crippen LogP contribution in [-0.4, -0.2) is 15.7 Å². The molecule has 0 saturated heterocycles. The molecule has 5 heteroatoms. The summed E-state index contributed by atoms with van der Waals surface area (Å²) in [4.78, 5) is 11.0. The number of carbonyl (C=O) groups is 1. The third kappa shape index (κ3) is 1.99. The lowest BCUT2D eigenvalue weighted by molar-refractivity contribution is 0.0990. The molecular weight excluding hydrogens is 168 g/mol. The van der Waals surface area contributed by atoms with Crippen LogP contribution in [0.25, 0.3) is 0 Å². The van der Waals surface area contributed by atoms with Crippen LogP contribution in [0.2, 0.25) is 0 Å². The van der Waals surface area contributed by atoms with Crippen molar-refractivity contribution in [2.75, 3.05) is 5.73 Å². The van der Waals surface area contributed by atoms with Gasteiger partial charge in [0.2, 0.25) is 0 Å². The number of aromatic nitrogens is 2. The van der Waals surface area contributed by atoms with E-state index in [1.54, 1.807) is 4.68 Å². The van der Waals surface area contributed by atoms with Crippen molar-refractivity contribution in [2.45, 2.75) is 20.4 Å². The molecule has 1 aromatic rings. The lowest BCUT2D eigenvalue weighted by Crippen LogP contribution is -2.20. The first-order valence-electron chi connectivity index (χ1n) is 4.13. The van der Waals surface area contributed by atoms with E-state index in [-0.39, 0.29) is 0 Å². The molecule has 72 valence electrons. The fourth-order valence-corrected chi connectivity index (χ4v) is 1.15. The molecule has 5 nitrogen and oxygen atoms in total. The molecule has 0 spiro atoms. The number of carbonyl (C=O) groups excluding carboxylic acids is 1. The quantitative estimate of drug-likeness (QED) is 0.701. The summed E-state index contributed by atoms with van der Waals surface area (Å²) in [6, 6.07) is 0. The molecule has 0 aliphatic rings. The van der Waals surface area contributed by atoms with Crippen LogP contribution in [0, 0.1) is 5.92 Å². The molecule has 0 aliphatic heterocycles. The highest BCUT2D eigenvalue weighted by Gasteiger charge is 2.13. The Balaban J connectivity index is 3.00. The number of anilines is 1. The topological polar surface area (TPSA) is 86.9 Å². The molecule has 1 amide bonds. The SMILES string of the molecule is CC(C)Cn1ncc(N)c1C(N)=O. The normalized spacial score (nSPS) is 10.7. The third-order valence-electron chi connectivity index (χ3n) is 1.64. The van der Waals surface area contributed by atoms with Crippen LogP contribution < -0.4 is 11.5 Å². The van der Waals surface area contributed by atoms with Gasteiger partial charge in [-0.2, -0.15) is 5.10 Å². The maximum Gasteiger partial charge on any atom is 0.269 e. The number of amides is 1. The first kappa shape index (κ1) is 9.57. The van der Waals surface area contributed by atoms with Crippen LogP contribution in [0.3, 0.4) is 0 Å². The third-order valence-corrected chi connectivity index (χ3v) is 1.64. The zero-order chi connectivity index (χ0) is 10.0. The number of hydrogen-bond acceptors (Lipinski definition) is 3. The summed E-state index contributed by atoms with van der Waals surface area (Å²) in [6.45, 7) is 4.71. The lowest BCUT2D eigenvalue weighted by Gasteiger charge is -2.07. The minimum absolute atomic E-state index is 0.300. The number of primary amides is 1. The van der Waals surface area contributed by atoms with Gasteiger partial charge in [0.1, 0.15) is 5.69 Å². The van der Waals surface area contributed by atoms with E-state index < -0.39 is 5.91 Å². The average molecular weight is 182 g/mol. The van der Waals surface area contributed by atoms with Crippen molar-refractivity contribution < 1.29 is 4.79 Å². The molecule has 1 heterocycles. The summed E-state index contributed by atoms with van der Waals surface area (Å²) in [5.41, 5.74) is 11.3. The summed E-state index contributed by atoms with van der Waals surface area (Å²) in [5, 5.41) is 3.97. The minimum Gasteiger partial charge on any atom is -0.396 e. The van der Waals surface area contributed by atoms with Gasteiger partial charge in [0.25, 0.3) is 5.91 Å². The highest BCUT2D eigenvalue weighted by atomic mass is 16.1. The van der Waals surface area contributed by atoms with E-state index >= 15 is 0 Å². The molecule has 1 aromatic heterocycles. The van der Waals surface area contributed by atoms with Gasteiger partial charge in [0, 0.05) is 6.54 Å². The second-order valence-corrected chi connectivity index (χ2v) is 3.39. The van der Waals surface area contributed by atoms with E-state index in [0.717, 1.165) is 0 Å². The van der Waals surface area contributed by atoms with Gasteiger partial charge >= 0.3 is 0 Å². The van der Waals surface area contributed by atoms with Crippen molar-refractivity contribution in [2.24, 2.45) is 11.7 Å². The van der Waals surface area contributed by atoms with E-state index in [1.807, 2.05) is 13.8 Å². The number of nitrogens with zero attached hydrogens (tertiary/aromatic N) is 2. The monoisotopic (exact) mass is 182 g/mol. The molecule has 0 bridgehead atoms. The van der Waals surface area contributed by atoms with Crippen LogP contribution >= 0.6 is 0 Å². The van der Waals surface area contributed by atoms with E-state index in [0.29, 0.717) is 23.8 Å². The Morgan fingerprint density at radius 2 is 2.31 bits per heavy atom. The number of nitrogens with two attached hydrogens (primary N) is 2. The fraction of sp³-hybridized carbons (Fsp3) is 0.500. The molecule has 0 fully saturated rings. The minimum atomic E-state index is -0.532. The predicted octanol–water partition coefficient (Wildman–Crippen LogP) is 0.220. The summed E-state index contributed by atoms with van der Waals surface area (Å²) in [7, 11) is 0. The molecule has 1 rings (SSSR count). The molecule has 0 atom stereocenters. The van der Waals surface area contributed by atoms with E-state index in [2.05, 4.69) is 5.10 Å². The zero-order valence-electron chi connectivity index (χ0n) is 7.82. The van der Waals surface area contributed by atoms with Crippen molar-refractivity contribution >= 4 is 11.6 Å².